The highest BCUT2D eigenvalue weighted by Gasteiger charge is 2.17. The molecule has 0 fully saturated rings. The second kappa shape index (κ2) is 6.41. The van der Waals surface area contributed by atoms with Crippen molar-refractivity contribution in [2.24, 2.45) is 0 Å². The second-order valence-corrected chi connectivity index (χ2v) is 7.13. The molecule has 1 aromatic carbocycles. The molecule has 0 aliphatic rings. The highest BCUT2D eigenvalue weighted by molar-refractivity contribution is 8.00. The summed E-state index contributed by atoms with van der Waals surface area (Å²) in [6, 6.07) is 9.69. The summed E-state index contributed by atoms with van der Waals surface area (Å²) in [6.45, 7) is 3.75. The van der Waals surface area contributed by atoms with Crippen LogP contribution in [-0.4, -0.2) is 26.1 Å². The molecule has 0 radical (unpaired) electrons. The SMILES string of the molecule is Cc1cc(S[C@@H](C)C(=O)Nc2nc3ccccc3s2)ncn1. The van der Waals surface area contributed by atoms with Crippen LogP contribution in [0.3, 0.4) is 0 Å². The van der Waals surface area contributed by atoms with Crippen molar-refractivity contribution < 1.29 is 4.79 Å². The summed E-state index contributed by atoms with van der Waals surface area (Å²) in [7, 11) is 0. The molecule has 2 aromatic heterocycles. The Balaban J connectivity index is 1.68. The molecule has 0 aliphatic carbocycles. The molecule has 0 saturated carbocycles. The van der Waals surface area contributed by atoms with Crippen LogP contribution in [0.25, 0.3) is 10.2 Å². The van der Waals surface area contributed by atoms with Crippen molar-refractivity contribution in [1.29, 1.82) is 0 Å². The van der Waals surface area contributed by atoms with Gasteiger partial charge in [-0.1, -0.05) is 35.2 Å². The van der Waals surface area contributed by atoms with Gasteiger partial charge in [-0.15, -0.1) is 0 Å². The van der Waals surface area contributed by atoms with Gasteiger partial charge in [0.05, 0.1) is 15.5 Å². The van der Waals surface area contributed by atoms with E-state index in [1.165, 1.54) is 29.4 Å². The molecule has 5 nitrogen and oxygen atoms in total. The third kappa shape index (κ3) is 3.42. The van der Waals surface area contributed by atoms with Crippen molar-refractivity contribution in [3.63, 3.8) is 0 Å². The largest absolute Gasteiger partial charge is 0.301 e. The standard InChI is InChI=1S/C15H14N4OS2/c1-9-7-13(17-8-16-9)21-10(2)14(20)19-15-18-11-5-3-4-6-12(11)22-15/h3-8,10H,1-2H3,(H,18,19,20)/t10-/m0/s1. The van der Waals surface area contributed by atoms with E-state index in [1.807, 2.05) is 44.2 Å². The van der Waals surface area contributed by atoms with E-state index < -0.39 is 0 Å². The van der Waals surface area contributed by atoms with Crippen LogP contribution in [-0.2, 0) is 4.79 Å². The molecule has 1 N–H and O–H groups in total. The monoisotopic (exact) mass is 330 g/mol. The van der Waals surface area contributed by atoms with Crippen LogP contribution in [0.4, 0.5) is 5.13 Å². The lowest BCUT2D eigenvalue weighted by atomic mass is 10.3. The number of aryl methyl sites for hydroxylation is 1. The molecule has 7 heteroatoms. The maximum atomic E-state index is 12.3. The van der Waals surface area contributed by atoms with Crippen LogP contribution >= 0.6 is 23.1 Å². The second-order valence-electron chi connectivity index (χ2n) is 4.73. The number of amides is 1. The van der Waals surface area contributed by atoms with E-state index in [2.05, 4.69) is 20.3 Å². The number of benzene rings is 1. The minimum atomic E-state index is -0.263. The van der Waals surface area contributed by atoms with Gasteiger partial charge < -0.3 is 5.32 Å². The summed E-state index contributed by atoms with van der Waals surface area (Å²) in [5.74, 6) is -0.0830. The molecule has 0 bridgehead atoms. The zero-order chi connectivity index (χ0) is 15.5. The van der Waals surface area contributed by atoms with Gasteiger partial charge in [0.15, 0.2) is 5.13 Å². The lowest BCUT2D eigenvalue weighted by Crippen LogP contribution is -2.22. The number of nitrogens with one attached hydrogen (secondary N) is 1. The smallest absolute Gasteiger partial charge is 0.239 e. The first-order valence-electron chi connectivity index (χ1n) is 6.73. The zero-order valence-corrected chi connectivity index (χ0v) is 13.7. The first-order chi connectivity index (χ1) is 10.6. The topological polar surface area (TPSA) is 67.8 Å². The predicted molar refractivity (Wildman–Crippen MR) is 90.3 cm³/mol. The van der Waals surface area contributed by atoms with E-state index in [0.717, 1.165) is 20.9 Å². The normalized spacial score (nSPS) is 12.3. The summed E-state index contributed by atoms with van der Waals surface area (Å²) < 4.78 is 1.06. The summed E-state index contributed by atoms with van der Waals surface area (Å²) >= 11 is 2.88. The number of nitrogens with zero attached hydrogens (tertiary/aromatic N) is 3. The molecule has 2 heterocycles. The zero-order valence-electron chi connectivity index (χ0n) is 12.1. The van der Waals surface area contributed by atoms with Crippen LogP contribution in [0.2, 0.25) is 0 Å². The van der Waals surface area contributed by atoms with Crippen LogP contribution in [0.1, 0.15) is 12.6 Å². The van der Waals surface area contributed by atoms with Gasteiger partial charge in [-0.25, -0.2) is 15.0 Å². The molecule has 22 heavy (non-hydrogen) atoms. The van der Waals surface area contributed by atoms with Gasteiger partial charge in [-0.3, -0.25) is 4.79 Å². The molecule has 1 amide bonds. The number of carbonyl (C=O) groups is 1. The molecular formula is C15H14N4OS2. The maximum Gasteiger partial charge on any atom is 0.239 e. The maximum absolute atomic E-state index is 12.3. The van der Waals surface area contributed by atoms with Gasteiger partial charge in [0.2, 0.25) is 5.91 Å². The molecule has 3 aromatic rings. The Labute approximate surface area is 136 Å². The Morgan fingerprint density at radius 3 is 2.91 bits per heavy atom. The van der Waals surface area contributed by atoms with Gasteiger partial charge >= 0.3 is 0 Å². The number of thiazole rings is 1. The molecular weight excluding hydrogens is 316 g/mol. The Bertz CT molecular complexity index is 785. The summed E-state index contributed by atoms with van der Waals surface area (Å²) in [5, 5.41) is 4.02. The van der Waals surface area contributed by atoms with E-state index in [-0.39, 0.29) is 11.2 Å². The Morgan fingerprint density at radius 1 is 1.32 bits per heavy atom. The van der Waals surface area contributed by atoms with Crippen LogP contribution in [0, 0.1) is 6.92 Å². The third-order valence-electron chi connectivity index (χ3n) is 2.97. The molecule has 3 rings (SSSR count). The first-order valence-corrected chi connectivity index (χ1v) is 8.43. The number of anilines is 1. The third-order valence-corrected chi connectivity index (χ3v) is 4.95. The average Bonchev–Trinajstić information content (AvgIpc) is 2.89. The van der Waals surface area contributed by atoms with E-state index in [4.69, 9.17) is 0 Å². The van der Waals surface area contributed by atoms with Gasteiger partial charge in [0, 0.05) is 5.69 Å². The van der Waals surface area contributed by atoms with Crippen molar-refractivity contribution in [2.45, 2.75) is 24.1 Å². The predicted octanol–water partition coefficient (Wildman–Crippen LogP) is 3.51. The quantitative estimate of drug-likeness (QED) is 0.585. The van der Waals surface area contributed by atoms with E-state index in [1.54, 1.807) is 0 Å². The Hall–Kier alpha value is -1.99. The highest BCUT2D eigenvalue weighted by Crippen LogP contribution is 2.27. The average molecular weight is 330 g/mol. The number of fused-ring (bicyclic) bond motifs is 1. The van der Waals surface area contributed by atoms with Crippen molar-refractivity contribution in [3.05, 3.63) is 42.4 Å². The van der Waals surface area contributed by atoms with Crippen LogP contribution in [0.5, 0.6) is 0 Å². The summed E-state index contributed by atoms with van der Waals surface area (Å²) in [4.78, 5) is 24.9. The van der Waals surface area contributed by atoms with Gasteiger partial charge in [-0.05, 0) is 32.0 Å². The molecule has 0 spiro atoms. The first kappa shape index (κ1) is 14.9. The molecule has 112 valence electrons. The Morgan fingerprint density at radius 2 is 2.14 bits per heavy atom. The number of hydrogen-bond acceptors (Lipinski definition) is 6. The van der Waals surface area contributed by atoms with Gasteiger partial charge in [0.25, 0.3) is 0 Å². The van der Waals surface area contributed by atoms with Crippen molar-refractivity contribution in [2.75, 3.05) is 5.32 Å². The minimum absolute atomic E-state index is 0.0830. The van der Waals surface area contributed by atoms with Crippen molar-refractivity contribution in [3.8, 4) is 0 Å². The number of hydrogen-bond donors (Lipinski definition) is 1. The number of thioether (sulfide) groups is 1. The van der Waals surface area contributed by atoms with E-state index in [9.17, 15) is 4.79 Å². The fourth-order valence-electron chi connectivity index (χ4n) is 1.86. The molecule has 0 saturated heterocycles. The Kier molecular flexibility index (Phi) is 4.35. The van der Waals surface area contributed by atoms with E-state index >= 15 is 0 Å². The van der Waals surface area contributed by atoms with Crippen LogP contribution < -0.4 is 5.32 Å². The van der Waals surface area contributed by atoms with E-state index in [0.29, 0.717) is 5.13 Å². The number of para-hydroxylation sites is 1. The fraction of sp³-hybridized carbons (Fsp3) is 0.200. The lowest BCUT2D eigenvalue weighted by molar-refractivity contribution is -0.115. The summed E-state index contributed by atoms with van der Waals surface area (Å²) in [5.41, 5.74) is 1.78. The number of carbonyl (C=O) groups excluding carboxylic acids is 1. The van der Waals surface area contributed by atoms with Crippen LogP contribution in [0.15, 0.2) is 41.7 Å². The molecule has 0 aliphatic heterocycles. The van der Waals surface area contributed by atoms with Crippen molar-refractivity contribution >= 4 is 44.4 Å². The number of rotatable bonds is 4. The van der Waals surface area contributed by atoms with Crippen molar-refractivity contribution in [1.82, 2.24) is 15.0 Å². The van der Waals surface area contributed by atoms with Gasteiger partial charge in [-0.2, -0.15) is 0 Å². The van der Waals surface area contributed by atoms with Gasteiger partial charge in [0.1, 0.15) is 11.4 Å². The molecule has 0 unspecified atom stereocenters. The fourth-order valence-corrected chi connectivity index (χ4v) is 3.61. The number of aromatic nitrogens is 3. The highest BCUT2D eigenvalue weighted by atomic mass is 32.2. The molecule has 1 atom stereocenters. The summed E-state index contributed by atoms with van der Waals surface area (Å²) in [6.07, 6.45) is 1.51. The minimum Gasteiger partial charge on any atom is -0.301 e. The lowest BCUT2D eigenvalue weighted by Gasteiger charge is -2.09.